The van der Waals surface area contributed by atoms with Gasteiger partial charge in [-0.1, -0.05) is 47.8 Å². The Balaban J connectivity index is 1.26. The van der Waals surface area contributed by atoms with Crippen LogP contribution in [-0.2, 0) is 11.3 Å². The first-order valence-electron chi connectivity index (χ1n) is 10.9. The molecule has 0 aromatic heterocycles. The first kappa shape index (κ1) is 20.8. The van der Waals surface area contributed by atoms with Gasteiger partial charge in [-0.05, 0) is 55.5 Å². The van der Waals surface area contributed by atoms with Crippen LogP contribution in [0, 0.1) is 0 Å². The normalized spacial score (nSPS) is 25.4. The third-order valence-corrected chi connectivity index (χ3v) is 7.47. The lowest BCUT2D eigenvalue weighted by atomic mass is 9.81. The SMILES string of the molecule is O=C(CN1C2CCCC1CC(N1Cc3ccccc3C1=O)C2)Nc1ccc(Cl)cc1Cl. The summed E-state index contributed by atoms with van der Waals surface area (Å²) in [4.78, 5) is 30.1. The zero-order valence-corrected chi connectivity index (χ0v) is 18.7. The van der Waals surface area contributed by atoms with Crippen LogP contribution in [0.15, 0.2) is 42.5 Å². The molecule has 0 aliphatic carbocycles. The van der Waals surface area contributed by atoms with Crippen molar-refractivity contribution >= 4 is 40.7 Å². The Labute approximate surface area is 192 Å². The molecule has 2 unspecified atom stereocenters. The Morgan fingerprint density at radius 3 is 2.48 bits per heavy atom. The van der Waals surface area contributed by atoms with Gasteiger partial charge in [0, 0.05) is 35.3 Å². The van der Waals surface area contributed by atoms with Gasteiger partial charge >= 0.3 is 0 Å². The summed E-state index contributed by atoms with van der Waals surface area (Å²) in [6.07, 6.45) is 5.15. The number of carbonyl (C=O) groups is 2. The fourth-order valence-corrected chi connectivity index (χ4v) is 5.94. The van der Waals surface area contributed by atoms with Gasteiger partial charge in [-0.2, -0.15) is 0 Å². The van der Waals surface area contributed by atoms with Gasteiger partial charge in [0.2, 0.25) is 5.91 Å². The number of hydrogen-bond donors (Lipinski definition) is 1. The summed E-state index contributed by atoms with van der Waals surface area (Å²) in [5.74, 6) is 0.0893. The van der Waals surface area contributed by atoms with Gasteiger partial charge in [0.15, 0.2) is 0 Å². The Bertz CT molecular complexity index is 1010. The smallest absolute Gasteiger partial charge is 0.254 e. The molecule has 7 heteroatoms. The molecule has 3 heterocycles. The molecule has 2 fully saturated rings. The lowest BCUT2D eigenvalue weighted by Gasteiger charge is -2.50. The number of hydrogen-bond acceptors (Lipinski definition) is 3. The minimum Gasteiger partial charge on any atom is -0.331 e. The van der Waals surface area contributed by atoms with Crippen LogP contribution in [0.3, 0.4) is 0 Å². The largest absolute Gasteiger partial charge is 0.331 e. The van der Waals surface area contributed by atoms with Crippen molar-refractivity contribution in [2.45, 2.75) is 56.8 Å². The highest BCUT2D eigenvalue weighted by Crippen LogP contribution is 2.38. The van der Waals surface area contributed by atoms with Crippen LogP contribution < -0.4 is 5.32 Å². The second kappa shape index (κ2) is 8.45. The first-order valence-corrected chi connectivity index (χ1v) is 11.6. The Hall–Kier alpha value is -2.08. The number of anilines is 1. The highest BCUT2D eigenvalue weighted by molar-refractivity contribution is 6.36. The maximum absolute atomic E-state index is 13.0. The topological polar surface area (TPSA) is 52.7 Å². The van der Waals surface area contributed by atoms with Crippen molar-refractivity contribution in [2.75, 3.05) is 11.9 Å². The number of amides is 2. The molecule has 162 valence electrons. The molecule has 3 aliphatic heterocycles. The monoisotopic (exact) mass is 457 g/mol. The summed E-state index contributed by atoms with van der Waals surface area (Å²) in [6, 6.07) is 13.9. The summed E-state index contributed by atoms with van der Waals surface area (Å²) in [6.45, 7) is 1.05. The average molecular weight is 458 g/mol. The maximum atomic E-state index is 13.0. The zero-order chi connectivity index (χ0) is 21.5. The number of benzene rings is 2. The highest BCUT2D eigenvalue weighted by atomic mass is 35.5. The second-order valence-electron chi connectivity index (χ2n) is 8.80. The summed E-state index contributed by atoms with van der Waals surface area (Å²) in [5.41, 5.74) is 2.55. The predicted molar refractivity (Wildman–Crippen MR) is 123 cm³/mol. The van der Waals surface area contributed by atoms with Crippen LogP contribution in [0.1, 0.15) is 48.0 Å². The molecule has 2 aromatic rings. The molecule has 3 aliphatic rings. The van der Waals surface area contributed by atoms with Crippen LogP contribution in [0.5, 0.6) is 0 Å². The molecular formula is C24H25Cl2N3O2. The number of nitrogens with one attached hydrogen (secondary N) is 1. The van der Waals surface area contributed by atoms with E-state index < -0.39 is 0 Å². The molecule has 5 rings (SSSR count). The number of rotatable bonds is 4. The third-order valence-electron chi connectivity index (χ3n) is 6.92. The van der Waals surface area contributed by atoms with Crippen LogP contribution >= 0.6 is 23.2 Å². The van der Waals surface area contributed by atoms with Crippen molar-refractivity contribution in [1.82, 2.24) is 9.80 Å². The van der Waals surface area contributed by atoms with Crippen molar-refractivity contribution < 1.29 is 9.59 Å². The average Bonchev–Trinajstić information content (AvgIpc) is 3.07. The van der Waals surface area contributed by atoms with Gasteiger partial charge in [-0.25, -0.2) is 0 Å². The van der Waals surface area contributed by atoms with Crippen LogP contribution in [0.4, 0.5) is 5.69 Å². The van der Waals surface area contributed by atoms with Crippen molar-refractivity contribution in [1.29, 1.82) is 0 Å². The molecule has 2 amide bonds. The molecule has 31 heavy (non-hydrogen) atoms. The lowest BCUT2D eigenvalue weighted by Crippen LogP contribution is -2.58. The second-order valence-corrected chi connectivity index (χ2v) is 9.64. The predicted octanol–water partition coefficient (Wildman–Crippen LogP) is 4.97. The molecule has 0 radical (unpaired) electrons. The Morgan fingerprint density at radius 2 is 1.77 bits per heavy atom. The van der Waals surface area contributed by atoms with E-state index in [1.165, 1.54) is 6.42 Å². The number of halogens is 2. The Kier molecular flexibility index (Phi) is 5.67. The number of carbonyl (C=O) groups excluding carboxylic acids is 2. The van der Waals surface area contributed by atoms with E-state index in [-0.39, 0.29) is 17.9 Å². The summed E-state index contributed by atoms with van der Waals surface area (Å²) in [5, 5.41) is 3.90. The van der Waals surface area contributed by atoms with Gasteiger partial charge in [0.1, 0.15) is 0 Å². The van der Waals surface area contributed by atoms with E-state index in [4.69, 9.17) is 23.2 Å². The van der Waals surface area contributed by atoms with Crippen molar-refractivity contribution in [3.05, 3.63) is 63.6 Å². The summed E-state index contributed by atoms with van der Waals surface area (Å²) >= 11 is 12.2. The quantitative estimate of drug-likeness (QED) is 0.704. The molecule has 2 aromatic carbocycles. The Morgan fingerprint density at radius 1 is 1.03 bits per heavy atom. The number of nitrogens with zero attached hydrogens (tertiary/aromatic N) is 2. The summed E-state index contributed by atoms with van der Waals surface area (Å²) < 4.78 is 0. The van der Waals surface area contributed by atoms with E-state index in [2.05, 4.69) is 21.2 Å². The van der Waals surface area contributed by atoms with E-state index in [1.807, 2.05) is 18.2 Å². The fraction of sp³-hybridized carbons (Fsp3) is 0.417. The van der Waals surface area contributed by atoms with Gasteiger partial charge in [-0.3, -0.25) is 14.5 Å². The van der Waals surface area contributed by atoms with E-state index in [0.29, 0.717) is 40.9 Å². The maximum Gasteiger partial charge on any atom is 0.254 e. The number of piperidine rings is 2. The minimum atomic E-state index is -0.0655. The molecule has 0 saturated carbocycles. The van der Waals surface area contributed by atoms with E-state index >= 15 is 0 Å². The third kappa shape index (κ3) is 4.07. The standard InChI is InChI=1S/C24H25Cl2N3O2/c25-16-8-9-22(21(26)10-16)27-23(30)14-28-17-5-3-6-18(28)12-19(11-17)29-13-15-4-1-2-7-20(15)24(29)31/h1-2,4,7-10,17-19H,3,5-6,11-14H2,(H,27,30). The van der Waals surface area contributed by atoms with E-state index in [9.17, 15) is 9.59 Å². The van der Waals surface area contributed by atoms with Gasteiger partial charge in [-0.15, -0.1) is 0 Å². The first-order chi connectivity index (χ1) is 15.0. The van der Waals surface area contributed by atoms with Crippen molar-refractivity contribution in [3.8, 4) is 0 Å². The van der Waals surface area contributed by atoms with Crippen molar-refractivity contribution in [2.24, 2.45) is 0 Å². The van der Waals surface area contributed by atoms with Crippen LogP contribution in [0.2, 0.25) is 10.0 Å². The lowest BCUT2D eigenvalue weighted by molar-refractivity contribution is -0.120. The molecule has 5 nitrogen and oxygen atoms in total. The van der Waals surface area contributed by atoms with Crippen LogP contribution in [0.25, 0.3) is 0 Å². The highest BCUT2D eigenvalue weighted by Gasteiger charge is 2.43. The molecule has 0 spiro atoms. The van der Waals surface area contributed by atoms with Crippen molar-refractivity contribution in [3.63, 3.8) is 0 Å². The minimum absolute atomic E-state index is 0.0655. The van der Waals surface area contributed by atoms with Crippen LogP contribution in [-0.4, -0.2) is 46.3 Å². The molecule has 1 N–H and O–H groups in total. The molecule has 2 saturated heterocycles. The molecule has 2 bridgehead atoms. The van der Waals surface area contributed by atoms with Gasteiger partial charge in [0.25, 0.3) is 5.91 Å². The zero-order valence-electron chi connectivity index (χ0n) is 17.2. The summed E-state index contributed by atoms with van der Waals surface area (Å²) in [7, 11) is 0. The van der Waals surface area contributed by atoms with Gasteiger partial charge in [0.05, 0.1) is 17.3 Å². The molecular weight excluding hydrogens is 433 g/mol. The van der Waals surface area contributed by atoms with E-state index in [1.54, 1.807) is 18.2 Å². The molecule has 2 atom stereocenters. The fourth-order valence-electron chi connectivity index (χ4n) is 5.48. The number of fused-ring (bicyclic) bond motifs is 3. The van der Waals surface area contributed by atoms with Gasteiger partial charge < -0.3 is 10.2 Å². The van der Waals surface area contributed by atoms with E-state index in [0.717, 1.165) is 36.8 Å².